The van der Waals surface area contributed by atoms with Crippen LogP contribution >= 0.6 is 0 Å². The highest BCUT2D eigenvalue weighted by Gasteiger charge is 2.02. The Labute approximate surface area is 98.7 Å². The minimum atomic E-state index is -0.364. The summed E-state index contributed by atoms with van der Waals surface area (Å²) in [6.45, 7) is 0.547. The summed E-state index contributed by atoms with van der Waals surface area (Å²) in [5.41, 5.74) is 7.29. The molecule has 1 aromatic heterocycles. The molecule has 4 N–H and O–H groups in total. The molecule has 0 saturated heterocycles. The lowest BCUT2D eigenvalue weighted by Crippen LogP contribution is -2.29. The fourth-order valence-electron chi connectivity index (χ4n) is 1.84. The summed E-state index contributed by atoms with van der Waals surface area (Å²) in [7, 11) is 0. The smallest absolute Gasteiger partial charge is 0.185 e. The highest BCUT2D eigenvalue weighted by Crippen LogP contribution is 2.17. The molecular formula is C12H15FN4. The predicted molar refractivity (Wildman–Crippen MR) is 66.7 cm³/mol. The van der Waals surface area contributed by atoms with Crippen LogP contribution in [0.1, 0.15) is 5.56 Å². The Kier molecular flexibility index (Phi) is 3.27. The van der Waals surface area contributed by atoms with Crippen molar-refractivity contribution < 1.29 is 4.39 Å². The summed E-state index contributed by atoms with van der Waals surface area (Å²) < 4.78 is 14.2. The van der Waals surface area contributed by atoms with Gasteiger partial charge in [0.05, 0.1) is 6.54 Å². The molecule has 1 aromatic carbocycles. The van der Waals surface area contributed by atoms with Gasteiger partial charge in [-0.3, -0.25) is 5.41 Å². The lowest BCUT2D eigenvalue weighted by atomic mass is 10.1. The lowest BCUT2D eigenvalue weighted by molar-refractivity contribution is 0.451. The Morgan fingerprint density at radius 1 is 1.41 bits per heavy atom. The summed E-state index contributed by atoms with van der Waals surface area (Å²) in [6, 6.07) is 7.89. The van der Waals surface area contributed by atoms with Crippen molar-refractivity contribution in [1.29, 1.82) is 5.41 Å². The summed E-state index contributed by atoms with van der Waals surface area (Å²) in [6.07, 6.45) is 1.88. The third kappa shape index (κ3) is 2.55. The summed E-state index contributed by atoms with van der Waals surface area (Å²) in [5.74, 6) is -0.0416. The summed E-state index contributed by atoms with van der Waals surface area (Å²) in [4.78, 5) is 0. The molecule has 0 aliphatic rings. The first-order valence-corrected chi connectivity index (χ1v) is 5.42. The van der Waals surface area contributed by atoms with Crippen molar-refractivity contribution in [2.24, 2.45) is 5.73 Å². The third-order valence-electron chi connectivity index (χ3n) is 2.64. The number of nitrogens with two attached hydrogens (primary N) is 1. The van der Waals surface area contributed by atoms with Crippen LogP contribution < -0.4 is 11.1 Å². The van der Waals surface area contributed by atoms with Gasteiger partial charge < -0.3 is 15.6 Å². The van der Waals surface area contributed by atoms with Crippen molar-refractivity contribution in [2.45, 2.75) is 13.1 Å². The number of nitrogens with one attached hydrogen (secondary N) is 2. The fourth-order valence-corrected chi connectivity index (χ4v) is 1.84. The zero-order valence-corrected chi connectivity index (χ0v) is 9.41. The number of halogens is 1. The maximum Gasteiger partial charge on any atom is 0.185 e. The van der Waals surface area contributed by atoms with E-state index in [0.717, 1.165) is 16.5 Å². The zero-order valence-electron chi connectivity index (χ0n) is 9.41. The molecule has 1 heterocycles. The van der Waals surface area contributed by atoms with Crippen LogP contribution in [0.15, 0.2) is 30.5 Å². The van der Waals surface area contributed by atoms with E-state index in [1.54, 1.807) is 0 Å². The van der Waals surface area contributed by atoms with Crippen molar-refractivity contribution >= 4 is 16.9 Å². The zero-order chi connectivity index (χ0) is 12.3. The number of rotatable bonds is 4. The molecule has 5 heteroatoms. The van der Waals surface area contributed by atoms with Crippen LogP contribution in [0, 0.1) is 5.41 Å². The number of hydrogen-bond donors (Lipinski definition) is 3. The van der Waals surface area contributed by atoms with Gasteiger partial charge in [-0.2, -0.15) is 0 Å². The number of alkyl halides is 1. The molecule has 0 unspecified atom stereocenters. The Hall–Kier alpha value is -2.04. The number of benzene rings is 1. The molecule has 0 aliphatic heterocycles. The van der Waals surface area contributed by atoms with Gasteiger partial charge >= 0.3 is 0 Å². The van der Waals surface area contributed by atoms with Gasteiger partial charge in [-0.15, -0.1) is 0 Å². The highest BCUT2D eigenvalue weighted by atomic mass is 18.2. The molecule has 2 aromatic rings. The molecule has 2 rings (SSSR count). The number of nitrogens with zero attached hydrogens (tertiary/aromatic N) is 1. The van der Waals surface area contributed by atoms with Crippen LogP contribution in [0.25, 0.3) is 10.9 Å². The number of fused-ring (bicyclic) bond motifs is 1. The second-order valence-electron chi connectivity index (χ2n) is 3.86. The fraction of sp³-hybridized carbons (Fsp3) is 0.250. The van der Waals surface area contributed by atoms with E-state index in [9.17, 15) is 4.39 Å². The average Bonchev–Trinajstić information content (AvgIpc) is 2.70. The monoisotopic (exact) mass is 233 g/mol. The van der Waals surface area contributed by atoms with Crippen LogP contribution in [0.5, 0.6) is 0 Å². The van der Waals surface area contributed by atoms with Crippen LogP contribution in [0.3, 0.4) is 0 Å². The summed E-state index contributed by atoms with van der Waals surface area (Å²) in [5, 5.41) is 10.9. The van der Waals surface area contributed by atoms with E-state index in [1.807, 2.05) is 35.0 Å². The maximum absolute atomic E-state index is 12.3. The maximum atomic E-state index is 12.3. The topological polar surface area (TPSA) is 66.8 Å². The first kappa shape index (κ1) is 11.4. The minimum Gasteiger partial charge on any atom is -0.370 e. The SMILES string of the molecule is N=C(N)NCc1ccc2c(ccn2CC[18F])c1. The highest BCUT2D eigenvalue weighted by molar-refractivity contribution is 5.81. The number of hydrogen-bond acceptors (Lipinski definition) is 1. The third-order valence-corrected chi connectivity index (χ3v) is 2.64. The molecule has 0 aliphatic carbocycles. The van der Waals surface area contributed by atoms with Gasteiger partial charge in [0.15, 0.2) is 5.96 Å². The van der Waals surface area contributed by atoms with Gasteiger partial charge in [-0.1, -0.05) is 6.07 Å². The molecule has 0 fully saturated rings. The summed E-state index contributed by atoms with van der Waals surface area (Å²) >= 11 is 0. The largest absolute Gasteiger partial charge is 0.370 e. The van der Waals surface area contributed by atoms with Gasteiger partial charge in [0.25, 0.3) is 0 Å². The molecular weight excluding hydrogens is 218 g/mol. The van der Waals surface area contributed by atoms with Crippen molar-refractivity contribution in [1.82, 2.24) is 9.88 Å². The Morgan fingerprint density at radius 2 is 2.24 bits per heavy atom. The average molecular weight is 233 g/mol. The standard InChI is InChI=1S/C12H15FN4/c13-4-6-17-5-3-10-7-9(1-2-11(10)17)8-16-12(14)15/h1-3,5,7H,4,6,8H2,(H4,14,15,16)/i13-1. The van der Waals surface area contributed by atoms with E-state index in [4.69, 9.17) is 11.1 Å². The molecule has 4 nitrogen and oxygen atoms in total. The van der Waals surface area contributed by atoms with E-state index >= 15 is 0 Å². The second kappa shape index (κ2) is 4.86. The van der Waals surface area contributed by atoms with Crippen molar-refractivity contribution in [3.63, 3.8) is 0 Å². The van der Waals surface area contributed by atoms with Crippen LogP contribution in [0.2, 0.25) is 0 Å². The Morgan fingerprint density at radius 3 is 2.94 bits per heavy atom. The molecule has 90 valence electrons. The van der Waals surface area contributed by atoms with Crippen LogP contribution in [-0.4, -0.2) is 17.2 Å². The van der Waals surface area contributed by atoms with Gasteiger partial charge in [0.2, 0.25) is 0 Å². The van der Waals surface area contributed by atoms with E-state index < -0.39 is 0 Å². The van der Waals surface area contributed by atoms with Gasteiger partial charge in [-0.05, 0) is 29.1 Å². The molecule has 0 radical (unpaired) electrons. The van der Waals surface area contributed by atoms with E-state index in [0.29, 0.717) is 13.1 Å². The van der Waals surface area contributed by atoms with Crippen molar-refractivity contribution in [2.75, 3.05) is 6.67 Å². The molecule has 0 bridgehead atoms. The van der Waals surface area contributed by atoms with Crippen LogP contribution in [0.4, 0.5) is 4.39 Å². The molecule has 17 heavy (non-hydrogen) atoms. The van der Waals surface area contributed by atoms with E-state index in [1.165, 1.54) is 0 Å². The van der Waals surface area contributed by atoms with E-state index in [-0.39, 0.29) is 12.6 Å². The Balaban J connectivity index is 2.23. The number of aromatic nitrogens is 1. The van der Waals surface area contributed by atoms with Gasteiger partial charge in [0, 0.05) is 18.3 Å². The number of aryl methyl sites for hydroxylation is 1. The minimum absolute atomic E-state index is 0.0416. The first-order chi connectivity index (χ1) is 8.20. The molecule has 0 spiro atoms. The second-order valence-corrected chi connectivity index (χ2v) is 3.86. The normalized spacial score (nSPS) is 10.6. The Bertz CT molecular complexity index is 532. The van der Waals surface area contributed by atoms with Crippen molar-refractivity contribution in [3.8, 4) is 0 Å². The van der Waals surface area contributed by atoms with Crippen molar-refractivity contribution in [3.05, 3.63) is 36.0 Å². The molecule has 0 atom stereocenters. The molecule has 0 saturated carbocycles. The first-order valence-electron chi connectivity index (χ1n) is 5.42. The lowest BCUT2D eigenvalue weighted by Gasteiger charge is -2.05. The number of guanidine groups is 1. The molecule has 0 amide bonds. The van der Waals surface area contributed by atoms with Crippen LogP contribution in [-0.2, 0) is 13.1 Å². The quantitative estimate of drug-likeness (QED) is 0.554. The van der Waals surface area contributed by atoms with Gasteiger partial charge in [0.1, 0.15) is 6.67 Å². The van der Waals surface area contributed by atoms with E-state index in [2.05, 4.69) is 5.32 Å². The predicted octanol–water partition coefficient (Wildman–Crippen LogP) is 1.59. The van der Waals surface area contributed by atoms with Gasteiger partial charge in [-0.25, -0.2) is 4.39 Å².